The van der Waals surface area contributed by atoms with Crippen LogP contribution in [0.3, 0.4) is 0 Å². The summed E-state index contributed by atoms with van der Waals surface area (Å²) >= 11 is 0. The molecule has 0 aliphatic carbocycles. The van der Waals surface area contributed by atoms with Gasteiger partial charge in [0.1, 0.15) is 0 Å². The van der Waals surface area contributed by atoms with Crippen LogP contribution in [0.1, 0.15) is 0 Å². The highest BCUT2D eigenvalue weighted by molar-refractivity contribution is 5.91. The molecule has 0 aliphatic rings. The van der Waals surface area contributed by atoms with Crippen molar-refractivity contribution in [3.05, 3.63) is 12.2 Å². The predicted molar refractivity (Wildman–Crippen MR) is 53.8 cm³/mol. The first-order valence-electron chi connectivity index (χ1n) is 4.65. The second-order valence-corrected chi connectivity index (χ2v) is 2.91. The highest BCUT2D eigenvalue weighted by Gasteiger charge is 2.33. The molecule has 0 rings (SSSR count). The standard InChI is InChI=1S/C8H14N2O8/c9-3-4-10-18-6(12)2-1-5(11)17-7(13)8(14,15)16/h1-2,7,10,13-16H,3-4,9H2/b2-1-. The summed E-state index contributed by atoms with van der Waals surface area (Å²) in [5, 5.41) is 33.9. The van der Waals surface area contributed by atoms with Gasteiger partial charge in [0.25, 0.3) is 6.29 Å². The number of hydroxylamine groups is 1. The van der Waals surface area contributed by atoms with E-state index >= 15 is 0 Å². The number of carbonyl (C=O) groups excluding carboxylic acids is 2. The van der Waals surface area contributed by atoms with Gasteiger partial charge in [-0.25, -0.2) is 9.59 Å². The van der Waals surface area contributed by atoms with Crippen molar-refractivity contribution >= 4 is 11.9 Å². The van der Waals surface area contributed by atoms with E-state index in [4.69, 9.17) is 26.2 Å². The van der Waals surface area contributed by atoms with Crippen LogP contribution in [0, 0.1) is 0 Å². The minimum Gasteiger partial charge on any atom is -0.424 e. The molecule has 104 valence electrons. The topological polar surface area (TPSA) is 172 Å². The molecule has 0 radical (unpaired) electrons. The maximum absolute atomic E-state index is 10.9. The van der Waals surface area contributed by atoms with Crippen LogP contribution in [0.25, 0.3) is 0 Å². The van der Waals surface area contributed by atoms with Crippen LogP contribution in [0.4, 0.5) is 0 Å². The van der Waals surface area contributed by atoms with Crippen LogP contribution >= 0.6 is 0 Å². The van der Waals surface area contributed by atoms with Gasteiger partial charge in [0.15, 0.2) is 0 Å². The number of aliphatic hydroxyl groups excluding tert-OH is 1. The molecule has 1 atom stereocenters. The Morgan fingerprint density at radius 3 is 2.33 bits per heavy atom. The highest BCUT2D eigenvalue weighted by Crippen LogP contribution is 2.03. The third kappa shape index (κ3) is 7.67. The summed E-state index contributed by atoms with van der Waals surface area (Å²) in [5.41, 5.74) is 7.26. The van der Waals surface area contributed by atoms with Crippen LogP contribution in [0.2, 0.25) is 0 Å². The Hall–Kier alpha value is -1.56. The maximum Gasteiger partial charge on any atom is 0.349 e. The number of nitrogens with one attached hydrogen (secondary N) is 1. The van der Waals surface area contributed by atoms with Gasteiger partial charge in [0, 0.05) is 25.2 Å². The summed E-state index contributed by atoms with van der Waals surface area (Å²) < 4.78 is 3.92. The van der Waals surface area contributed by atoms with E-state index in [9.17, 15) is 9.59 Å². The molecule has 0 aliphatic heterocycles. The van der Waals surface area contributed by atoms with E-state index in [0.29, 0.717) is 12.2 Å². The van der Waals surface area contributed by atoms with Crippen molar-refractivity contribution < 1.29 is 39.6 Å². The van der Waals surface area contributed by atoms with E-state index < -0.39 is 24.2 Å². The van der Waals surface area contributed by atoms with E-state index in [0.717, 1.165) is 0 Å². The molecule has 0 fully saturated rings. The average Bonchev–Trinajstić information content (AvgIpc) is 2.25. The van der Waals surface area contributed by atoms with Gasteiger partial charge in [0.05, 0.1) is 0 Å². The van der Waals surface area contributed by atoms with Crippen molar-refractivity contribution in [1.82, 2.24) is 5.48 Å². The number of ether oxygens (including phenoxy) is 1. The molecule has 10 heteroatoms. The van der Waals surface area contributed by atoms with Crippen LogP contribution in [-0.4, -0.2) is 57.7 Å². The predicted octanol–water partition coefficient (Wildman–Crippen LogP) is -3.96. The normalized spacial score (nSPS) is 13.4. The fourth-order valence-electron chi connectivity index (χ4n) is 0.580. The Balaban J connectivity index is 4.04. The molecular formula is C8H14N2O8. The van der Waals surface area contributed by atoms with Crippen molar-refractivity contribution in [2.24, 2.45) is 5.73 Å². The van der Waals surface area contributed by atoms with Gasteiger partial charge in [-0.3, -0.25) is 0 Å². The summed E-state index contributed by atoms with van der Waals surface area (Å²) in [7, 11) is 0. The van der Waals surface area contributed by atoms with E-state index in [1.165, 1.54) is 0 Å². The largest absolute Gasteiger partial charge is 0.424 e. The molecule has 0 bridgehead atoms. The van der Waals surface area contributed by atoms with E-state index in [-0.39, 0.29) is 13.1 Å². The lowest BCUT2D eigenvalue weighted by Crippen LogP contribution is -2.44. The number of hydrogen-bond donors (Lipinski definition) is 6. The molecular weight excluding hydrogens is 252 g/mol. The molecule has 0 heterocycles. The lowest BCUT2D eigenvalue weighted by Gasteiger charge is -2.19. The Labute approximate surface area is 101 Å². The minimum absolute atomic E-state index is 0.213. The number of rotatable bonds is 7. The molecule has 7 N–H and O–H groups in total. The Morgan fingerprint density at radius 2 is 1.83 bits per heavy atom. The SMILES string of the molecule is NCCNOC(=O)/C=C\C(=O)OC(O)C(O)(O)O. The molecule has 0 saturated carbocycles. The second-order valence-electron chi connectivity index (χ2n) is 2.91. The first kappa shape index (κ1) is 16.4. The third-order valence-electron chi connectivity index (χ3n) is 1.33. The summed E-state index contributed by atoms with van der Waals surface area (Å²) in [6, 6.07) is 0. The molecule has 18 heavy (non-hydrogen) atoms. The Kier molecular flexibility index (Phi) is 7.04. The van der Waals surface area contributed by atoms with Crippen molar-refractivity contribution in [2.75, 3.05) is 13.1 Å². The summed E-state index contributed by atoms with van der Waals surface area (Å²) in [4.78, 5) is 26.1. The first-order valence-corrected chi connectivity index (χ1v) is 4.65. The zero-order valence-corrected chi connectivity index (χ0v) is 9.15. The zero-order chi connectivity index (χ0) is 14.2. The van der Waals surface area contributed by atoms with Gasteiger partial charge in [-0.2, -0.15) is 5.48 Å². The highest BCUT2D eigenvalue weighted by atomic mass is 16.8. The smallest absolute Gasteiger partial charge is 0.349 e. The molecule has 10 nitrogen and oxygen atoms in total. The van der Waals surface area contributed by atoms with Crippen LogP contribution < -0.4 is 11.2 Å². The quantitative estimate of drug-likeness (QED) is 0.0877. The zero-order valence-electron chi connectivity index (χ0n) is 9.15. The third-order valence-corrected chi connectivity index (χ3v) is 1.33. The Morgan fingerprint density at radius 1 is 1.28 bits per heavy atom. The number of hydrogen-bond acceptors (Lipinski definition) is 10. The average molecular weight is 266 g/mol. The van der Waals surface area contributed by atoms with Gasteiger partial charge >= 0.3 is 17.9 Å². The monoisotopic (exact) mass is 266 g/mol. The van der Waals surface area contributed by atoms with Crippen molar-refractivity contribution in [3.8, 4) is 0 Å². The summed E-state index contributed by atoms with van der Waals surface area (Å²) in [6.45, 7) is 0.446. The summed E-state index contributed by atoms with van der Waals surface area (Å²) in [6.07, 6.45) is -1.39. The molecule has 0 amide bonds. The molecule has 1 unspecified atom stereocenters. The van der Waals surface area contributed by atoms with E-state index in [1.54, 1.807) is 0 Å². The van der Waals surface area contributed by atoms with Gasteiger partial charge in [-0.05, 0) is 0 Å². The maximum atomic E-state index is 10.9. The van der Waals surface area contributed by atoms with Crippen molar-refractivity contribution in [2.45, 2.75) is 12.3 Å². The molecule has 0 spiro atoms. The number of nitrogens with two attached hydrogens (primary N) is 1. The van der Waals surface area contributed by atoms with Gasteiger partial charge in [-0.1, -0.05) is 0 Å². The van der Waals surface area contributed by atoms with Gasteiger partial charge in [0.2, 0.25) is 0 Å². The van der Waals surface area contributed by atoms with Crippen molar-refractivity contribution in [1.29, 1.82) is 0 Å². The molecule has 0 saturated heterocycles. The van der Waals surface area contributed by atoms with Gasteiger partial charge in [-0.15, -0.1) is 0 Å². The number of aliphatic hydroxyl groups is 4. The fraction of sp³-hybridized carbons (Fsp3) is 0.500. The molecule has 0 aromatic heterocycles. The van der Waals surface area contributed by atoms with Crippen LogP contribution in [0.15, 0.2) is 12.2 Å². The lowest BCUT2D eigenvalue weighted by atomic mass is 10.5. The van der Waals surface area contributed by atoms with Crippen molar-refractivity contribution in [3.63, 3.8) is 0 Å². The first-order chi connectivity index (χ1) is 8.27. The number of carbonyl (C=O) groups is 2. The van der Waals surface area contributed by atoms with Crippen LogP contribution in [-0.2, 0) is 19.2 Å². The minimum atomic E-state index is -3.59. The Bertz CT molecular complexity index is 311. The molecule has 0 aromatic carbocycles. The number of esters is 1. The fourth-order valence-corrected chi connectivity index (χ4v) is 0.580. The summed E-state index contributed by atoms with van der Waals surface area (Å²) in [5.74, 6) is -5.84. The van der Waals surface area contributed by atoms with E-state index in [1.807, 2.05) is 0 Å². The van der Waals surface area contributed by atoms with Crippen LogP contribution in [0.5, 0.6) is 0 Å². The van der Waals surface area contributed by atoms with Gasteiger partial charge < -0.3 is 35.7 Å². The lowest BCUT2D eigenvalue weighted by molar-refractivity contribution is -0.396. The van der Waals surface area contributed by atoms with E-state index in [2.05, 4.69) is 15.1 Å². The second kappa shape index (κ2) is 7.71. The molecule has 0 aromatic rings.